The molecule has 150 valence electrons. The van der Waals surface area contributed by atoms with Gasteiger partial charge in [-0.15, -0.1) is 0 Å². The molecule has 0 bridgehead atoms. The molecular weight excluding hydrogens is 418 g/mol. The van der Waals surface area contributed by atoms with Crippen molar-refractivity contribution in [2.45, 2.75) is 6.92 Å². The van der Waals surface area contributed by atoms with Crippen LogP contribution in [0.2, 0.25) is 10.0 Å². The molecule has 0 aliphatic carbocycles. The van der Waals surface area contributed by atoms with Gasteiger partial charge in [-0.25, -0.2) is 4.39 Å². The highest BCUT2D eigenvalue weighted by molar-refractivity contribution is 7.80. The Balaban J connectivity index is 1.40. The molecule has 2 N–H and O–H groups in total. The first-order valence-electron chi connectivity index (χ1n) is 9.16. The fraction of sp³-hybridized carbons (Fsp3) is 0.350. The standard InChI is InChI=1S/C20H23Cl2FN4S/c1-14-12-16(3-5-18(14)23)25-20(28)24-6-7-26-8-10-27(11-9-26)19-13-15(21)2-4-17(19)22/h2-5,12-13H,6-11H2,1H3,(H2,24,25,28). The highest BCUT2D eigenvalue weighted by Crippen LogP contribution is 2.29. The highest BCUT2D eigenvalue weighted by atomic mass is 35.5. The Labute approximate surface area is 180 Å². The quantitative estimate of drug-likeness (QED) is 0.665. The maximum absolute atomic E-state index is 13.3. The van der Waals surface area contributed by atoms with E-state index in [4.69, 9.17) is 35.4 Å². The molecule has 1 fully saturated rings. The predicted octanol–water partition coefficient (Wildman–Crippen LogP) is 4.55. The first kappa shape index (κ1) is 21.1. The molecule has 4 nitrogen and oxygen atoms in total. The molecule has 8 heteroatoms. The second-order valence-corrected chi connectivity index (χ2v) is 8.02. The van der Waals surface area contributed by atoms with Crippen LogP contribution in [-0.2, 0) is 0 Å². The Bertz CT molecular complexity index is 841. The van der Waals surface area contributed by atoms with Crippen molar-refractivity contribution in [2.24, 2.45) is 0 Å². The van der Waals surface area contributed by atoms with Gasteiger partial charge in [-0.05, 0) is 61.1 Å². The van der Waals surface area contributed by atoms with Gasteiger partial charge < -0.3 is 15.5 Å². The summed E-state index contributed by atoms with van der Waals surface area (Å²) < 4.78 is 13.3. The van der Waals surface area contributed by atoms with Gasteiger partial charge in [-0.3, -0.25) is 4.90 Å². The summed E-state index contributed by atoms with van der Waals surface area (Å²) in [6, 6.07) is 10.4. The van der Waals surface area contributed by atoms with Crippen LogP contribution in [0.25, 0.3) is 0 Å². The Morgan fingerprint density at radius 1 is 1.11 bits per heavy atom. The van der Waals surface area contributed by atoms with Gasteiger partial charge in [-0.1, -0.05) is 23.2 Å². The van der Waals surface area contributed by atoms with Crippen molar-refractivity contribution in [1.82, 2.24) is 10.2 Å². The predicted molar refractivity (Wildman–Crippen MR) is 120 cm³/mol. The first-order chi connectivity index (χ1) is 13.4. The molecule has 0 aromatic heterocycles. The summed E-state index contributed by atoms with van der Waals surface area (Å²) in [7, 11) is 0. The van der Waals surface area contributed by atoms with Crippen LogP contribution in [0.3, 0.4) is 0 Å². The molecule has 28 heavy (non-hydrogen) atoms. The lowest BCUT2D eigenvalue weighted by Crippen LogP contribution is -2.48. The maximum Gasteiger partial charge on any atom is 0.170 e. The minimum atomic E-state index is -0.220. The third-order valence-corrected chi connectivity index (χ3v) is 5.55. The van der Waals surface area contributed by atoms with Crippen LogP contribution in [0.4, 0.5) is 15.8 Å². The summed E-state index contributed by atoms with van der Waals surface area (Å²) in [6.07, 6.45) is 0. The van der Waals surface area contributed by atoms with E-state index in [2.05, 4.69) is 20.4 Å². The van der Waals surface area contributed by atoms with Crippen molar-refractivity contribution >= 4 is 51.9 Å². The van der Waals surface area contributed by atoms with Crippen molar-refractivity contribution in [3.8, 4) is 0 Å². The summed E-state index contributed by atoms with van der Waals surface area (Å²) in [6.45, 7) is 7.05. The van der Waals surface area contributed by atoms with Gasteiger partial charge in [0.15, 0.2) is 5.11 Å². The first-order valence-corrected chi connectivity index (χ1v) is 10.3. The molecule has 0 spiro atoms. The van der Waals surface area contributed by atoms with E-state index in [-0.39, 0.29) is 5.82 Å². The average Bonchev–Trinajstić information content (AvgIpc) is 2.67. The molecule has 2 aromatic rings. The van der Waals surface area contributed by atoms with Gasteiger partial charge in [0.1, 0.15) is 5.82 Å². The number of piperazine rings is 1. The third kappa shape index (κ3) is 5.70. The largest absolute Gasteiger partial charge is 0.368 e. The zero-order chi connectivity index (χ0) is 20.1. The van der Waals surface area contributed by atoms with E-state index in [0.717, 1.165) is 55.7 Å². The smallest absolute Gasteiger partial charge is 0.170 e. The number of hydrogen-bond acceptors (Lipinski definition) is 3. The van der Waals surface area contributed by atoms with Crippen LogP contribution in [0, 0.1) is 12.7 Å². The normalized spacial score (nSPS) is 14.8. The fourth-order valence-corrected chi connectivity index (χ4v) is 3.79. The SMILES string of the molecule is Cc1cc(NC(=S)NCCN2CCN(c3cc(Cl)ccc3Cl)CC2)ccc1F. The second-order valence-electron chi connectivity index (χ2n) is 6.77. The van der Waals surface area contributed by atoms with Gasteiger partial charge >= 0.3 is 0 Å². The number of halogens is 3. The molecule has 1 heterocycles. The lowest BCUT2D eigenvalue weighted by Gasteiger charge is -2.36. The van der Waals surface area contributed by atoms with E-state index in [0.29, 0.717) is 15.7 Å². The number of hydrogen-bond donors (Lipinski definition) is 2. The molecule has 1 aliphatic heterocycles. The van der Waals surface area contributed by atoms with Crippen molar-refractivity contribution in [3.63, 3.8) is 0 Å². The van der Waals surface area contributed by atoms with Crippen LogP contribution < -0.4 is 15.5 Å². The van der Waals surface area contributed by atoms with E-state index >= 15 is 0 Å². The molecule has 0 unspecified atom stereocenters. The maximum atomic E-state index is 13.3. The molecule has 1 aliphatic rings. The van der Waals surface area contributed by atoms with Crippen LogP contribution in [0.15, 0.2) is 36.4 Å². The number of benzene rings is 2. The topological polar surface area (TPSA) is 30.5 Å². The number of nitrogens with zero attached hydrogens (tertiary/aromatic N) is 2. The summed E-state index contributed by atoms with van der Waals surface area (Å²) >= 11 is 17.7. The molecule has 0 atom stereocenters. The number of nitrogens with one attached hydrogen (secondary N) is 2. The van der Waals surface area contributed by atoms with Gasteiger partial charge in [0.25, 0.3) is 0 Å². The van der Waals surface area contributed by atoms with Crippen LogP contribution in [-0.4, -0.2) is 49.3 Å². The van der Waals surface area contributed by atoms with Gasteiger partial charge in [0, 0.05) is 50.0 Å². The lowest BCUT2D eigenvalue weighted by molar-refractivity contribution is 0.262. The lowest BCUT2D eigenvalue weighted by atomic mass is 10.2. The third-order valence-electron chi connectivity index (χ3n) is 4.75. The Morgan fingerprint density at radius 3 is 2.57 bits per heavy atom. The zero-order valence-electron chi connectivity index (χ0n) is 15.6. The number of rotatable bonds is 5. The number of thiocarbonyl (C=S) groups is 1. The van der Waals surface area contributed by atoms with E-state index in [1.54, 1.807) is 25.1 Å². The number of anilines is 2. The summed E-state index contributed by atoms with van der Waals surface area (Å²) in [5, 5.41) is 8.26. The minimum absolute atomic E-state index is 0.220. The molecule has 3 rings (SSSR count). The summed E-state index contributed by atoms with van der Waals surface area (Å²) in [4.78, 5) is 4.65. The van der Waals surface area contributed by atoms with Crippen LogP contribution in [0.5, 0.6) is 0 Å². The fourth-order valence-electron chi connectivity index (χ4n) is 3.17. The molecule has 0 amide bonds. The highest BCUT2D eigenvalue weighted by Gasteiger charge is 2.19. The van der Waals surface area contributed by atoms with Crippen LogP contribution >= 0.6 is 35.4 Å². The van der Waals surface area contributed by atoms with E-state index < -0.39 is 0 Å². The van der Waals surface area contributed by atoms with E-state index in [1.807, 2.05) is 12.1 Å². The summed E-state index contributed by atoms with van der Waals surface area (Å²) in [5.41, 5.74) is 2.36. The minimum Gasteiger partial charge on any atom is -0.368 e. The Morgan fingerprint density at radius 2 is 1.86 bits per heavy atom. The van der Waals surface area contributed by atoms with Crippen LogP contribution in [0.1, 0.15) is 5.56 Å². The van der Waals surface area contributed by atoms with Crippen molar-refractivity contribution in [2.75, 3.05) is 49.5 Å². The Hall–Kier alpha value is -1.60. The van der Waals surface area contributed by atoms with E-state index in [9.17, 15) is 4.39 Å². The Kier molecular flexibility index (Phi) is 7.35. The summed E-state index contributed by atoms with van der Waals surface area (Å²) in [5.74, 6) is -0.220. The van der Waals surface area contributed by atoms with Crippen molar-refractivity contribution in [3.05, 3.63) is 57.8 Å². The zero-order valence-corrected chi connectivity index (χ0v) is 18.0. The van der Waals surface area contributed by atoms with Gasteiger partial charge in [0.05, 0.1) is 10.7 Å². The molecule has 0 saturated carbocycles. The van der Waals surface area contributed by atoms with E-state index in [1.165, 1.54) is 6.07 Å². The average molecular weight is 441 g/mol. The number of aryl methyl sites for hydroxylation is 1. The second kappa shape index (κ2) is 9.74. The van der Waals surface area contributed by atoms with Gasteiger partial charge in [-0.2, -0.15) is 0 Å². The van der Waals surface area contributed by atoms with Gasteiger partial charge in [0.2, 0.25) is 0 Å². The molecule has 0 radical (unpaired) electrons. The van der Waals surface area contributed by atoms with Crippen molar-refractivity contribution < 1.29 is 4.39 Å². The van der Waals surface area contributed by atoms with Crippen molar-refractivity contribution in [1.29, 1.82) is 0 Å². The molecule has 2 aromatic carbocycles. The molecule has 1 saturated heterocycles. The monoisotopic (exact) mass is 440 g/mol. The molecular formula is C20H23Cl2FN4S.